The summed E-state index contributed by atoms with van der Waals surface area (Å²) in [7, 11) is 1.64. The van der Waals surface area contributed by atoms with Gasteiger partial charge in [0.2, 0.25) is 5.75 Å². The molecule has 1 unspecified atom stereocenters. The average molecular weight is 380 g/mol. The molecule has 2 aromatic rings. The van der Waals surface area contributed by atoms with Gasteiger partial charge in [-0.25, -0.2) is 9.59 Å². The summed E-state index contributed by atoms with van der Waals surface area (Å²) < 4.78 is 12.1. The summed E-state index contributed by atoms with van der Waals surface area (Å²) in [5, 5.41) is 3.49. The summed E-state index contributed by atoms with van der Waals surface area (Å²) in [4.78, 5) is 36.7. The van der Waals surface area contributed by atoms with Crippen molar-refractivity contribution in [3.05, 3.63) is 69.7 Å². The molecule has 7 heteroatoms. The lowest BCUT2D eigenvalue weighted by molar-refractivity contribution is -0.133. The van der Waals surface area contributed by atoms with Crippen molar-refractivity contribution >= 4 is 11.9 Å². The molecule has 0 spiro atoms. The van der Waals surface area contributed by atoms with Crippen LogP contribution >= 0.6 is 0 Å². The number of esters is 2. The highest BCUT2D eigenvalue weighted by Gasteiger charge is 2.33. The molecule has 4 rings (SSSR count). The van der Waals surface area contributed by atoms with Gasteiger partial charge in [0, 0.05) is 43.0 Å². The third kappa shape index (κ3) is 3.36. The standard InChI is InChI=1S/C21H20N2O5/c1-23-15-9-5-8-14(22-12-13-6-3-2-4-7-13)18(15)19-20(21(23)26)28-17(25)11-10-16(24)27-19/h2-4,6-7,10-11,14,22H,5,8-9,12H2,1H3/b11-10+. The van der Waals surface area contributed by atoms with Gasteiger partial charge >= 0.3 is 11.9 Å². The Kier molecular flexibility index (Phi) is 4.83. The Bertz CT molecular complexity index is 1020. The molecule has 1 atom stereocenters. The second kappa shape index (κ2) is 7.44. The quantitative estimate of drug-likeness (QED) is 0.819. The second-order valence-electron chi connectivity index (χ2n) is 6.87. The van der Waals surface area contributed by atoms with Gasteiger partial charge in [-0.15, -0.1) is 0 Å². The summed E-state index contributed by atoms with van der Waals surface area (Å²) in [6.45, 7) is 0.621. The molecule has 2 heterocycles. The first kappa shape index (κ1) is 18.2. The maximum atomic E-state index is 12.7. The van der Waals surface area contributed by atoms with Crippen LogP contribution in [0.15, 0.2) is 47.3 Å². The largest absolute Gasteiger partial charge is 0.419 e. The van der Waals surface area contributed by atoms with Crippen LogP contribution in [-0.4, -0.2) is 16.5 Å². The van der Waals surface area contributed by atoms with E-state index in [1.807, 2.05) is 30.3 Å². The Labute approximate surface area is 161 Å². The van der Waals surface area contributed by atoms with Crippen molar-refractivity contribution in [2.75, 3.05) is 0 Å². The minimum Gasteiger partial charge on any atom is -0.419 e. The van der Waals surface area contributed by atoms with Crippen LogP contribution in [0, 0.1) is 0 Å². The van der Waals surface area contributed by atoms with E-state index >= 15 is 0 Å². The Morgan fingerprint density at radius 2 is 1.71 bits per heavy atom. The van der Waals surface area contributed by atoms with Gasteiger partial charge in [-0.3, -0.25) is 4.79 Å². The number of carbonyl (C=O) groups is 2. The zero-order valence-electron chi connectivity index (χ0n) is 15.4. The number of ether oxygens (including phenoxy) is 2. The fourth-order valence-corrected chi connectivity index (χ4v) is 3.72. The molecule has 0 saturated heterocycles. The smallest absolute Gasteiger partial charge is 0.336 e. The van der Waals surface area contributed by atoms with E-state index in [1.165, 1.54) is 4.57 Å². The zero-order chi connectivity index (χ0) is 19.7. The highest BCUT2D eigenvalue weighted by Crippen LogP contribution is 2.41. The monoisotopic (exact) mass is 380 g/mol. The van der Waals surface area contributed by atoms with Crippen molar-refractivity contribution in [1.29, 1.82) is 0 Å². The van der Waals surface area contributed by atoms with Crippen molar-refractivity contribution in [1.82, 2.24) is 9.88 Å². The minimum atomic E-state index is -0.778. The van der Waals surface area contributed by atoms with E-state index < -0.39 is 17.5 Å². The van der Waals surface area contributed by atoms with Crippen LogP contribution in [0.25, 0.3) is 0 Å². The average Bonchev–Trinajstić information content (AvgIpc) is 2.71. The predicted molar refractivity (Wildman–Crippen MR) is 101 cm³/mol. The van der Waals surface area contributed by atoms with Crippen LogP contribution < -0.4 is 20.3 Å². The van der Waals surface area contributed by atoms with Gasteiger partial charge in [0.05, 0.1) is 0 Å². The molecule has 7 nitrogen and oxygen atoms in total. The molecule has 1 aliphatic carbocycles. The van der Waals surface area contributed by atoms with Crippen LogP contribution in [0.4, 0.5) is 0 Å². The maximum absolute atomic E-state index is 12.7. The summed E-state index contributed by atoms with van der Waals surface area (Å²) in [6.07, 6.45) is 4.34. The number of fused-ring (bicyclic) bond motifs is 3. The van der Waals surface area contributed by atoms with Crippen LogP contribution in [0.3, 0.4) is 0 Å². The summed E-state index contributed by atoms with van der Waals surface area (Å²) in [5.41, 5.74) is 2.12. The zero-order valence-corrected chi connectivity index (χ0v) is 15.4. The van der Waals surface area contributed by atoms with Crippen LogP contribution in [0.5, 0.6) is 11.5 Å². The van der Waals surface area contributed by atoms with Gasteiger partial charge in [0.1, 0.15) is 0 Å². The number of benzene rings is 1. The van der Waals surface area contributed by atoms with Crippen molar-refractivity contribution in [2.45, 2.75) is 31.8 Å². The molecule has 0 radical (unpaired) electrons. The number of nitrogens with one attached hydrogen (secondary N) is 1. The highest BCUT2D eigenvalue weighted by atomic mass is 16.6. The first-order valence-electron chi connectivity index (χ1n) is 9.19. The maximum Gasteiger partial charge on any atom is 0.336 e. The number of pyridine rings is 1. The normalized spacial score (nSPS) is 19.5. The van der Waals surface area contributed by atoms with Crippen molar-refractivity contribution in [3.8, 4) is 11.5 Å². The molecule has 144 valence electrons. The third-order valence-electron chi connectivity index (χ3n) is 5.08. The van der Waals surface area contributed by atoms with Gasteiger partial charge in [0.25, 0.3) is 5.56 Å². The van der Waals surface area contributed by atoms with Gasteiger partial charge in [-0.2, -0.15) is 0 Å². The van der Waals surface area contributed by atoms with Crippen molar-refractivity contribution in [2.24, 2.45) is 7.05 Å². The molecule has 0 bridgehead atoms. The second-order valence-corrected chi connectivity index (χ2v) is 6.87. The molecule has 1 N–H and O–H groups in total. The van der Waals surface area contributed by atoms with Gasteiger partial charge in [0.15, 0.2) is 5.75 Å². The third-order valence-corrected chi connectivity index (χ3v) is 5.08. The van der Waals surface area contributed by atoms with E-state index in [0.717, 1.165) is 36.3 Å². The summed E-state index contributed by atoms with van der Waals surface area (Å²) in [5.74, 6) is -1.68. The van der Waals surface area contributed by atoms with E-state index in [9.17, 15) is 14.4 Å². The Morgan fingerprint density at radius 1 is 1.04 bits per heavy atom. The number of aromatic nitrogens is 1. The molecule has 28 heavy (non-hydrogen) atoms. The lowest BCUT2D eigenvalue weighted by atomic mass is 9.89. The number of nitrogens with zero attached hydrogens (tertiary/aromatic N) is 1. The number of rotatable bonds is 3. The molecule has 1 aliphatic heterocycles. The molecule has 0 fully saturated rings. The van der Waals surface area contributed by atoms with Gasteiger partial charge in [-0.05, 0) is 24.8 Å². The molecule has 2 aliphatic rings. The Balaban J connectivity index is 1.79. The van der Waals surface area contributed by atoms with Crippen LogP contribution in [0.2, 0.25) is 0 Å². The van der Waals surface area contributed by atoms with E-state index in [2.05, 4.69) is 5.32 Å². The fourth-order valence-electron chi connectivity index (χ4n) is 3.72. The van der Waals surface area contributed by atoms with E-state index in [0.29, 0.717) is 18.5 Å². The van der Waals surface area contributed by atoms with E-state index in [4.69, 9.17) is 9.47 Å². The Morgan fingerprint density at radius 3 is 2.43 bits per heavy atom. The van der Waals surface area contributed by atoms with E-state index in [1.54, 1.807) is 7.05 Å². The van der Waals surface area contributed by atoms with Crippen LogP contribution in [0.1, 0.15) is 35.7 Å². The van der Waals surface area contributed by atoms with Crippen LogP contribution in [-0.2, 0) is 29.6 Å². The minimum absolute atomic E-state index is 0.0473. The fraction of sp³-hybridized carbons (Fsp3) is 0.286. The molecule has 0 saturated carbocycles. The summed E-state index contributed by atoms with van der Waals surface area (Å²) >= 11 is 0. The van der Waals surface area contributed by atoms with Gasteiger partial charge in [-0.1, -0.05) is 30.3 Å². The lowest BCUT2D eigenvalue weighted by Gasteiger charge is -2.30. The summed E-state index contributed by atoms with van der Waals surface area (Å²) in [6, 6.07) is 9.81. The van der Waals surface area contributed by atoms with E-state index in [-0.39, 0.29) is 17.5 Å². The Hall–Kier alpha value is -3.19. The SMILES string of the molecule is Cn1c2c(c3c(c1=O)OC(=O)/C=C/C(=O)O3)C(NCc1ccccc1)CCC2. The number of hydrogen-bond donors (Lipinski definition) is 1. The van der Waals surface area contributed by atoms with Gasteiger partial charge < -0.3 is 19.4 Å². The predicted octanol–water partition coefficient (Wildman–Crippen LogP) is 1.93. The molecular weight excluding hydrogens is 360 g/mol. The molecule has 1 aromatic heterocycles. The molecular formula is C21H20N2O5. The topological polar surface area (TPSA) is 86.6 Å². The molecule has 0 amide bonds. The highest BCUT2D eigenvalue weighted by molar-refractivity contribution is 5.95. The number of hydrogen-bond acceptors (Lipinski definition) is 6. The first-order valence-corrected chi connectivity index (χ1v) is 9.19. The molecule has 1 aromatic carbocycles. The van der Waals surface area contributed by atoms with Crippen molar-refractivity contribution < 1.29 is 19.1 Å². The first-order chi connectivity index (χ1) is 13.5. The van der Waals surface area contributed by atoms with Crippen molar-refractivity contribution in [3.63, 3.8) is 0 Å². The number of carbonyl (C=O) groups excluding carboxylic acids is 2. The lowest BCUT2D eigenvalue weighted by Crippen LogP contribution is -2.34.